The molecule has 0 rings (SSSR count). The molecule has 7 heavy (non-hydrogen) atoms. The second-order valence-corrected chi connectivity index (χ2v) is 0.866. The van der Waals surface area contributed by atoms with E-state index in [1.54, 1.807) is 0 Å². The van der Waals surface area contributed by atoms with Crippen LogP contribution in [0, 0.1) is 0 Å². The van der Waals surface area contributed by atoms with Gasteiger partial charge in [0.25, 0.3) is 0 Å². The van der Waals surface area contributed by atoms with E-state index >= 15 is 0 Å². The largest absolute Gasteiger partial charge is 1.00 e. The van der Waals surface area contributed by atoms with Crippen molar-refractivity contribution in [1.82, 2.24) is 0 Å². The van der Waals surface area contributed by atoms with Gasteiger partial charge in [-0.1, -0.05) is 0 Å². The van der Waals surface area contributed by atoms with Crippen LogP contribution in [0.2, 0.25) is 0 Å². The summed E-state index contributed by atoms with van der Waals surface area (Å²) in [5.74, 6) is 0. The summed E-state index contributed by atoms with van der Waals surface area (Å²) < 4.78 is 5.98. The van der Waals surface area contributed by atoms with Gasteiger partial charge in [-0.15, -0.1) is 0 Å². The zero-order chi connectivity index (χ0) is 4.12. The Bertz CT molecular complexity index is 17.2. The molecule has 4 nitrogen and oxygen atoms in total. The van der Waals surface area contributed by atoms with E-state index in [0.717, 1.165) is 0 Å². The van der Waals surface area contributed by atoms with E-state index in [-0.39, 0.29) is 59.1 Å². The Kier molecular flexibility index (Phi) is 36.3. The monoisotopic (exact) mass is 143 g/mol. The Labute approximate surface area is 87.0 Å². The summed E-state index contributed by atoms with van der Waals surface area (Å²) in [6.07, 6.45) is 0. The van der Waals surface area contributed by atoms with Gasteiger partial charge in [0.15, 0.2) is 0 Å². The minimum atomic E-state index is -1.30. The van der Waals surface area contributed by atoms with E-state index in [2.05, 4.69) is 9.35 Å². The summed E-state index contributed by atoms with van der Waals surface area (Å²) in [5.41, 5.74) is 0. The topological polar surface area (TPSA) is 58.3 Å². The molecule has 0 amide bonds. The second-order valence-electron chi connectivity index (χ2n) is 0.289. The van der Waals surface area contributed by atoms with Gasteiger partial charge in [-0.25, -0.2) is 0 Å². The Morgan fingerprint density at radius 3 is 1.29 bits per heavy atom. The van der Waals surface area contributed by atoms with Crippen LogP contribution in [0.3, 0.4) is 0 Å². The van der Waals surface area contributed by atoms with E-state index in [1.807, 2.05) is 0 Å². The van der Waals surface area contributed by atoms with Crippen LogP contribution < -0.4 is 59.1 Å². The van der Waals surface area contributed by atoms with Crippen molar-refractivity contribution in [3.8, 4) is 0 Å². The Hall–Kier alpha value is 2.27. The van der Waals surface area contributed by atoms with Crippen molar-refractivity contribution in [2.75, 3.05) is 0 Å². The molecule has 0 fully saturated rings. The van der Waals surface area contributed by atoms with E-state index in [4.69, 9.17) is 10.5 Å². The van der Waals surface area contributed by atoms with Crippen molar-refractivity contribution < 1.29 is 79.0 Å². The van der Waals surface area contributed by atoms with Crippen molar-refractivity contribution in [3.63, 3.8) is 0 Å². The van der Waals surface area contributed by atoms with Crippen LogP contribution >= 0.6 is 9.03 Å². The SMILES string of the molecule is [Na+].[Na+].[O]O[PH2+]O[O]. The molecule has 0 spiro atoms. The molecule has 0 aromatic rings. The van der Waals surface area contributed by atoms with Crippen molar-refractivity contribution >= 4 is 9.03 Å². The third kappa shape index (κ3) is 17.8. The first kappa shape index (κ1) is 16.1. The van der Waals surface area contributed by atoms with Crippen molar-refractivity contribution in [2.24, 2.45) is 0 Å². The fourth-order valence-electron chi connectivity index (χ4n) is 0.0160. The molecule has 30 valence electrons. The molecule has 0 heterocycles. The van der Waals surface area contributed by atoms with E-state index in [9.17, 15) is 0 Å². The average molecular weight is 143 g/mol. The average Bonchev–Trinajstić information content (AvgIpc) is 1.41. The quantitative estimate of drug-likeness (QED) is 0.167. The van der Waals surface area contributed by atoms with E-state index in [0.29, 0.717) is 0 Å². The maximum atomic E-state index is 8.74. The minimum absolute atomic E-state index is 0. The molecular formula is H2Na2O4P+3. The first-order valence-corrected chi connectivity index (χ1v) is 1.75. The zero-order valence-corrected chi connectivity index (χ0v) is 9.37. The summed E-state index contributed by atoms with van der Waals surface area (Å²) in [4.78, 5) is 0. The number of rotatable bonds is 2. The van der Waals surface area contributed by atoms with Gasteiger partial charge in [0.2, 0.25) is 0 Å². The summed E-state index contributed by atoms with van der Waals surface area (Å²) in [6, 6.07) is 0. The standard InChI is InChI=1S/2Na.H2O4P/c;;1-3-5-4-2/h;;5H2/q3*+1. The van der Waals surface area contributed by atoms with Crippen LogP contribution in [-0.2, 0) is 19.9 Å². The molecule has 0 saturated heterocycles. The van der Waals surface area contributed by atoms with Gasteiger partial charge in [0.05, 0.1) is 0 Å². The van der Waals surface area contributed by atoms with Gasteiger partial charge in [-0.3, -0.25) is 0 Å². The molecule has 0 unspecified atom stereocenters. The van der Waals surface area contributed by atoms with E-state index < -0.39 is 9.03 Å². The van der Waals surface area contributed by atoms with Gasteiger partial charge in [0.1, 0.15) is 0 Å². The molecule has 2 radical (unpaired) electrons. The summed E-state index contributed by atoms with van der Waals surface area (Å²) in [5, 5.41) is 17.5. The fourth-order valence-corrected chi connectivity index (χ4v) is 0.0481. The Balaban J connectivity index is -0.0000000800. The molecule has 0 N–H and O–H groups in total. The number of hydrogen-bond donors (Lipinski definition) is 0. The van der Waals surface area contributed by atoms with Crippen LogP contribution in [0.25, 0.3) is 0 Å². The Morgan fingerprint density at radius 1 is 1.00 bits per heavy atom. The summed E-state index contributed by atoms with van der Waals surface area (Å²) in [7, 11) is -1.30. The van der Waals surface area contributed by atoms with Crippen LogP contribution in [0.1, 0.15) is 0 Å². The van der Waals surface area contributed by atoms with Crippen molar-refractivity contribution in [1.29, 1.82) is 0 Å². The molecule has 0 aromatic heterocycles. The summed E-state index contributed by atoms with van der Waals surface area (Å²) >= 11 is 0. The van der Waals surface area contributed by atoms with Gasteiger partial charge >= 0.3 is 68.1 Å². The first-order chi connectivity index (χ1) is 2.41. The maximum Gasteiger partial charge on any atom is 1.00 e. The maximum absolute atomic E-state index is 8.74. The van der Waals surface area contributed by atoms with Crippen molar-refractivity contribution in [2.45, 2.75) is 0 Å². The predicted molar refractivity (Wildman–Crippen MR) is 13.3 cm³/mol. The molecule has 0 bridgehead atoms. The van der Waals surface area contributed by atoms with E-state index in [1.165, 1.54) is 0 Å². The van der Waals surface area contributed by atoms with Crippen LogP contribution in [0.4, 0.5) is 0 Å². The third-order valence-corrected chi connectivity index (χ3v) is 0.236. The second kappa shape index (κ2) is 15.7. The third-order valence-electron chi connectivity index (χ3n) is 0.0786. The first-order valence-electron chi connectivity index (χ1n) is 0.805. The van der Waals surface area contributed by atoms with Crippen molar-refractivity contribution in [3.05, 3.63) is 0 Å². The predicted octanol–water partition coefficient (Wildman–Crippen LogP) is -6.04. The molecule has 0 aliphatic rings. The summed E-state index contributed by atoms with van der Waals surface area (Å²) in [6.45, 7) is 0. The smallest absolute Gasteiger partial charge is 0.0190 e. The van der Waals surface area contributed by atoms with Crippen LogP contribution in [0.15, 0.2) is 0 Å². The molecule has 0 atom stereocenters. The number of hydrogen-bond acceptors (Lipinski definition) is 2. The van der Waals surface area contributed by atoms with Gasteiger partial charge in [0, 0.05) is 10.5 Å². The van der Waals surface area contributed by atoms with Gasteiger partial charge in [-0.2, -0.15) is 0 Å². The normalized spacial score (nSPS) is 6.00. The van der Waals surface area contributed by atoms with Gasteiger partial charge < -0.3 is 0 Å². The van der Waals surface area contributed by atoms with Crippen LogP contribution in [0.5, 0.6) is 0 Å². The Morgan fingerprint density at radius 2 is 1.29 bits per heavy atom. The molecule has 0 aliphatic heterocycles. The molecule has 0 saturated carbocycles. The fraction of sp³-hybridized carbons (Fsp3) is 0. The minimum Gasteiger partial charge on any atom is -0.0190 e. The molecule has 0 aromatic carbocycles. The van der Waals surface area contributed by atoms with Gasteiger partial charge in [-0.05, 0) is 9.35 Å². The molecule has 0 aliphatic carbocycles. The van der Waals surface area contributed by atoms with Crippen LogP contribution in [-0.4, -0.2) is 0 Å². The zero-order valence-electron chi connectivity index (χ0n) is 4.21. The molecular weight excluding hydrogens is 141 g/mol. The molecule has 7 heteroatoms.